The monoisotopic (exact) mass is 355 g/mol. The van der Waals surface area contributed by atoms with Crippen LogP contribution in [-0.4, -0.2) is 13.0 Å². The summed E-state index contributed by atoms with van der Waals surface area (Å²) in [5.41, 5.74) is 1.33. The second-order valence-corrected chi connectivity index (χ2v) is 5.92. The first kappa shape index (κ1) is 17.6. The molecule has 0 spiro atoms. The van der Waals surface area contributed by atoms with Gasteiger partial charge in [-0.15, -0.1) is 0 Å². The summed E-state index contributed by atoms with van der Waals surface area (Å²) in [6, 6.07) is 9.36. The fourth-order valence-corrected chi connectivity index (χ4v) is 2.72. The molecule has 6 heteroatoms. The third kappa shape index (κ3) is 4.60. The van der Waals surface area contributed by atoms with Gasteiger partial charge in [-0.1, -0.05) is 35.3 Å². The molecule has 0 saturated carbocycles. The van der Waals surface area contributed by atoms with Gasteiger partial charge in [-0.2, -0.15) is 0 Å². The van der Waals surface area contributed by atoms with Gasteiger partial charge in [0.1, 0.15) is 11.6 Å². The number of nitrogens with one attached hydrogen (secondary N) is 1. The molecular formula is C17H16Cl2FNO2. The zero-order valence-electron chi connectivity index (χ0n) is 12.7. The molecule has 2 aromatic rings. The quantitative estimate of drug-likeness (QED) is 0.798. The number of hydrogen-bond acceptors (Lipinski definition) is 2. The standard InChI is InChI=1S/C17H16Cl2FNO2/c1-10(13-8-16(20)15(19)9-14(13)18)21-17(22)7-11-3-5-12(23-2)6-4-11/h3-6,8-10H,7H2,1-2H3,(H,21,22)/t10-/m0/s1. The Morgan fingerprint density at radius 3 is 2.48 bits per heavy atom. The van der Waals surface area contributed by atoms with E-state index in [0.29, 0.717) is 10.6 Å². The van der Waals surface area contributed by atoms with E-state index in [1.807, 2.05) is 12.1 Å². The highest BCUT2D eigenvalue weighted by molar-refractivity contribution is 6.35. The number of halogens is 3. The Morgan fingerprint density at radius 2 is 1.87 bits per heavy atom. The molecule has 0 aliphatic heterocycles. The maximum absolute atomic E-state index is 13.6. The van der Waals surface area contributed by atoms with Crippen LogP contribution in [-0.2, 0) is 11.2 Å². The third-order valence-corrected chi connectivity index (χ3v) is 4.02. The van der Waals surface area contributed by atoms with Gasteiger partial charge in [0.25, 0.3) is 0 Å². The molecule has 1 atom stereocenters. The van der Waals surface area contributed by atoms with E-state index in [0.717, 1.165) is 11.3 Å². The second kappa shape index (κ2) is 7.66. The first-order valence-corrected chi connectivity index (χ1v) is 7.73. The molecule has 3 nitrogen and oxygen atoms in total. The molecular weight excluding hydrogens is 340 g/mol. The van der Waals surface area contributed by atoms with Crippen LogP contribution in [0.5, 0.6) is 5.75 Å². The molecule has 0 radical (unpaired) electrons. The van der Waals surface area contributed by atoms with Crippen LogP contribution in [0.2, 0.25) is 10.0 Å². The fraction of sp³-hybridized carbons (Fsp3) is 0.235. The van der Waals surface area contributed by atoms with E-state index in [4.69, 9.17) is 27.9 Å². The lowest BCUT2D eigenvalue weighted by molar-refractivity contribution is -0.121. The van der Waals surface area contributed by atoms with Crippen molar-refractivity contribution >= 4 is 29.1 Å². The molecule has 122 valence electrons. The predicted octanol–water partition coefficient (Wildman–Crippen LogP) is 4.56. The molecule has 0 heterocycles. The average Bonchev–Trinajstić information content (AvgIpc) is 2.51. The van der Waals surface area contributed by atoms with Crippen molar-refractivity contribution in [2.75, 3.05) is 7.11 Å². The van der Waals surface area contributed by atoms with E-state index < -0.39 is 11.9 Å². The summed E-state index contributed by atoms with van der Waals surface area (Å²) in [7, 11) is 1.58. The summed E-state index contributed by atoms with van der Waals surface area (Å²) in [6.45, 7) is 1.74. The van der Waals surface area contributed by atoms with Crippen LogP contribution in [0.15, 0.2) is 36.4 Å². The normalized spacial score (nSPS) is 11.9. The Kier molecular flexibility index (Phi) is 5.85. The van der Waals surface area contributed by atoms with E-state index in [-0.39, 0.29) is 17.4 Å². The molecule has 0 aromatic heterocycles. The van der Waals surface area contributed by atoms with E-state index in [1.165, 1.54) is 12.1 Å². The number of rotatable bonds is 5. The van der Waals surface area contributed by atoms with Crippen molar-refractivity contribution in [1.82, 2.24) is 5.32 Å². The highest BCUT2D eigenvalue weighted by Crippen LogP contribution is 2.28. The molecule has 0 bridgehead atoms. The molecule has 2 aromatic carbocycles. The molecule has 0 unspecified atom stereocenters. The SMILES string of the molecule is COc1ccc(CC(=O)N[C@@H](C)c2cc(F)c(Cl)cc2Cl)cc1. The summed E-state index contributed by atoms with van der Waals surface area (Å²) in [5.74, 6) is -0.0256. The van der Waals surface area contributed by atoms with Gasteiger partial charge in [-0.25, -0.2) is 4.39 Å². The average molecular weight is 356 g/mol. The molecule has 0 fully saturated rings. The van der Waals surface area contributed by atoms with Crippen molar-refractivity contribution in [2.24, 2.45) is 0 Å². The van der Waals surface area contributed by atoms with E-state index in [2.05, 4.69) is 5.32 Å². The van der Waals surface area contributed by atoms with Gasteiger partial charge in [0.2, 0.25) is 5.91 Å². The maximum atomic E-state index is 13.6. The molecule has 1 N–H and O–H groups in total. The smallest absolute Gasteiger partial charge is 0.224 e. The number of methoxy groups -OCH3 is 1. The fourth-order valence-electron chi connectivity index (χ4n) is 2.17. The number of carbonyl (C=O) groups is 1. The van der Waals surface area contributed by atoms with Crippen molar-refractivity contribution in [1.29, 1.82) is 0 Å². The van der Waals surface area contributed by atoms with Gasteiger partial charge >= 0.3 is 0 Å². The summed E-state index contributed by atoms with van der Waals surface area (Å²) in [6.07, 6.45) is 0.210. The molecule has 2 rings (SSSR count). The highest BCUT2D eigenvalue weighted by atomic mass is 35.5. The Hall–Kier alpha value is -1.78. The van der Waals surface area contributed by atoms with Gasteiger partial charge in [-0.05, 0) is 42.3 Å². The molecule has 1 amide bonds. The summed E-state index contributed by atoms with van der Waals surface area (Å²) in [5, 5.41) is 3.06. The minimum atomic E-state index is -0.567. The first-order chi connectivity index (χ1) is 10.9. The minimum absolute atomic E-state index is 0.0458. The van der Waals surface area contributed by atoms with E-state index >= 15 is 0 Å². The molecule has 0 aliphatic rings. The summed E-state index contributed by atoms with van der Waals surface area (Å²) >= 11 is 11.7. The van der Waals surface area contributed by atoms with Crippen molar-refractivity contribution in [3.8, 4) is 5.75 Å². The largest absolute Gasteiger partial charge is 0.497 e. The van der Waals surface area contributed by atoms with Crippen molar-refractivity contribution < 1.29 is 13.9 Å². The van der Waals surface area contributed by atoms with Gasteiger partial charge in [0.05, 0.1) is 24.6 Å². The van der Waals surface area contributed by atoms with Crippen LogP contribution >= 0.6 is 23.2 Å². The van der Waals surface area contributed by atoms with Gasteiger partial charge in [0.15, 0.2) is 0 Å². The lowest BCUT2D eigenvalue weighted by Gasteiger charge is -2.16. The zero-order valence-corrected chi connectivity index (χ0v) is 14.2. The highest BCUT2D eigenvalue weighted by Gasteiger charge is 2.15. The lowest BCUT2D eigenvalue weighted by Crippen LogP contribution is -2.28. The van der Waals surface area contributed by atoms with Crippen LogP contribution in [0.3, 0.4) is 0 Å². The van der Waals surface area contributed by atoms with Crippen molar-refractivity contribution in [3.05, 3.63) is 63.4 Å². The molecule has 23 heavy (non-hydrogen) atoms. The topological polar surface area (TPSA) is 38.3 Å². The van der Waals surface area contributed by atoms with Crippen LogP contribution in [0.1, 0.15) is 24.1 Å². The van der Waals surface area contributed by atoms with Crippen LogP contribution in [0.25, 0.3) is 0 Å². The summed E-state index contributed by atoms with van der Waals surface area (Å²) < 4.78 is 18.6. The Labute approximate surface area is 144 Å². The van der Waals surface area contributed by atoms with Gasteiger partial charge in [-0.3, -0.25) is 4.79 Å². The second-order valence-electron chi connectivity index (χ2n) is 5.10. The van der Waals surface area contributed by atoms with Gasteiger partial charge in [0, 0.05) is 5.02 Å². The molecule has 0 aliphatic carbocycles. The Bertz CT molecular complexity index is 704. The van der Waals surface area contributed by atoms with E-state index in [1.54, 1.807) is 26.2 Å². The number of benzene rings is 2. The predicted molar refractivity (Wildman–Crippen MR) is 89.7 cm³/mol. The van der Waals surface area contributed by atoms with Crippen molar-refractivity contribution in [3.63, 3.8) is 0 Å². The minimum Gasteiger partial charge on any atom is -0.497 e. The number of carbonyl (C=O) groups excluding carboxylic acids is 1. The summed E-state index contributed by atoms with van der Waals surface area (Å²) in [4.78, 5) is 12.1. The third-order valence-electron chi connectivity index (χ3n) is 3.41. The number of ether oxygens (including phenoxy) is 1. The first-order valence-electron chi connectivity index (χ1n) is 6.97. The van der Waals surface area contributed by atoms with Crippen LogP contribution in [0.4, 0.5) is 4.39 Å². The maximum Gasteiger partial charge on any atom is 0.224 e. The van der Waals surface area contributed by atoms with Gasteiger partial charge < -0.3 is 10.1 Å². The zero-order chi connectivity index (χ0) is 17.0. The molecule has 0 saturated heterocycles. The Balaban J connectivity index is 2.03. The lowest BCUT2D eigenvalue weighted by atomic mass is 10.1. The van der Waals surface area contributed by atoms with Crippen molar-refractivity contribution in [2.45, 2.75) is 19.4 Å². The van der Waals surface area contributed by atoms with E-state index in [9.17, 15) is 9.18 Å². The van der Waals surface area contributed by atoms with Crippen LogP contribution < -0.4 is 10.1 Å². The van der Waals surface area contributed by atoms with Crippen LogP contribution in [0, 0.1) is 5.82 Å². The number of hydrogen-bond donors (Lipinski definition) is 1. The Morgan fingerprint density at radius 1 is 1.22 bits per heavy atom. The number of amides is 1.